The number of thiophene rings is 1. The van der Waals surface area contributed by atoms with Crippen LogP contribution in [0.15, 0.2) is 54.9 Å². The van der Waals surface area contributed by atoms with Crippen molar-refractivity contribution in [3.63, 3.8) is 0 Å². The molecule has 0 saturated carbocycles. The fourth-order valence-electron chi connectivity index (χ4n) is 4.63. The minimum absolute atomic E-state index is 0.0116. The van der Waals surface area contributed by atoms with Crippen molar-refractivity contribution in [3.8, 4) is 5.69 Å². The van der Waals surface area contributed by atoms with E-state index in [0.717, 1.165) is 34.3 Å². The SMILES string of the molecule is Cc1cc2c(N(C(=O)c3ccc(-n4nnc5cccnc54)cc3F)[C@@H]3CCCNC3)nccc2s1. The second-order valence-electron chi connectivity index (χ2n) is 8.59. The van der Waals surface area contributed by atoms with E-state index in [4.69, 9.17) is 0 Å². The Hall–Kier alpha value is -3.76. The highest BCUT2D eigenvalue weighted by molar-refractivity contribution is 7.19. The molecule has 0 radical (unpaired) electrons. The van der Waals surface area contributed by atoms with Crippen molar-refractivity contribution in [1.82, 2.24) is 30.3 Å². The van der Waals surface area contributed by atoms with Crippen molar-refractivity contribution in [2.24, 2.45) is 0 Å². The first-order valence-corrected chi connectivity index (χ1v) is 12.3. The number of fused-ring (bicyclic) bond motifs is 2. The largest absolute Gasteiger partial charge is 0.315 e. The van der Waals surface area contributed by atoms with Crippen LogP contribution in [0, 0.1) is 12.7 Å². The lowest BCUT2D eigenvalue weighted by Crippen LogP contribution is -2.49. The van der Waals surface area contributed by atoms with E-state index in [2.05, 4.69) is 25.6 Å². The minimum atomic E-state index is -0.630. The van der Waals surface area contributed by atoms with Crippen LogP contribution in [0.2, 0.25) is 0 Å². The van der Waals surface area contributed by atoms with Crippen LogP contribution in [0.3, 0.4) is 0 Å². The molecule has 1 atom stereocenters. The predicted octanol–water partition coefficient (Wildman–Crippen LogP) is 4.27. The van der Waals surface area contributed by atoms with Crippen molar-refractivity contribution in [3.05, 3.63) is 71.1 Å². The zero-order valence-electron chi connectivity index (χ0n) is 19.0. The first-order chi connectivity index (χ1) is 17.1. The number of pyridine rings is 2. The average Bonchev–Trinajstić information content (AvgIpc) is 3.48. The van der Waals surface area contributed by atoms with Gasteiger partial charge in [-0.25, -0.2) is 14.4 Å². The van der Waals surface area contributed by atoms with Gasteiger partial charge in [-0.15, -0.1) is 16.4 Å². The Bertz CT molecular complexity index is 1560. The zero-order valence-corrected chi connectivity index (χ0v) is 19.8. The van der Waals surface area contributed by atoms with Crippen LogP contribution in [0.25, 0.3) is 26.9 Å². The molecule has 1 aliphatic heterocycles. The Morgan fingerprint density at radius 3 is 2.94 bits per heavy atom. The van der Waals surface area contributed by atoms with E-state index < -0.39 is 11.7 Å². The first-order valence-electron chi connectivity index (χ1n) is 11.5. The maximum atomic E-state index is 15.5. The van der Waals surface area contributed by atoms with Gasteiger partial charge in [0.2, 0.25) is 0 Å². The molecule has 1 aliphatic rings. The van der Waals surface area contributed by atoms with Gasteiger partial charge < -0.3 is 5.32 Å². The summed E-state index contributed by atoms with van der Waals surface area (Å²) in [6.45, 7) is 3.56. The monoisotopic (exact) mass is 487 g/mol. The summed E-state index contributed by atoms with van der Waals surface area (Å²) >= 11 is 1.65. The zero-order chi connectivity index (χ0) is 23.9. The summed E-state index contributed by atoms with van der Waals surface area (Å²) in [6, 6.07) is 11.9. The number of rotatable bonds is 4. The molecule has 0 aliphatic carbocycles. The number of anilines is 1. The molecule has 8 nitrogen and oxygen atoms in total. The second-order valence-corrected chi connectivity index (χ2v) is 9.88. The average molecular weight is 488 g/mol. The number of carbonyl (C=O) groups is 1. The molecule has 0 unspecified atom stereocenters. The summed E-state index contributed by atoms with van der Waals surface area (Å²) in [4.78, 5) is 25.6. The standard InChI is InChI=1S/C25H22FN7OS/c1-15-12-19-22(35-15)8-11-29-23(19)32(17-4-2-9-27-14-17)25(34)18-7-6-16(13-20(18)26)33-24-21(30-31-33)5-3-10-28-24/h3,5-8,10-13,17,27H,2,4,9,14H2,1H3/t17-/m1/s1. The summed E-state index contributed by atoms with van der Waals surface area (Å²) in [7, 11) is 0. The van der Waals surface area contributed by atoms with Crippen molar-refractivity contribution < 1.29 is 9.18 Å². The number of aromatic nitrogens is 5. The minimum Gasteiger partial charge on any atom is -0.315 e. The van der Waals surface area contributed by atoms with Crippen LogP contribution in [0.1, 0.15) is 28.1 Å². The molecule has 10 heteroatoms. The quantitative estimate of drug-likeness (QED) is 0.407. The summed E-state index contributed by atoms with van der Waals surface area (Å²) in [5.41, 5.74) is 1.56. The summed E-state index contributed by atoms with van der Waals surface area (Å²) in [5.74, 6) is -0.469. The number of carbonyl (C=O) groups excluding carboxylic acids is 1. The number of nitrogens with one attached hydrogen (secondary N) is 1. The fraction of sp³-hybridized carbons (Fsp3) is 0.240. The topological polar surface area (TPSA) is 88.8 Å². The smallest absolute Gasteiger partial charge is 0.262 e. The van der Waals surface area contributed by atoms with Crippen LogP contribution in [0.5, 0.6) is 0 Å². The van der Waals surface area contributed by atoms with Gasteiger partial charge in [-0.2, -0.15) is 4.68 Å². The van der Waals surface area contributed by atoms with Gasteiger partial charge in [-0.05, 0) is 62.7 Å². The number of aryl methyl sites for hydroxylation is 1. The van der Waals surface area contributed by atoms with Crippen LogP contribution >= 0.6 is 11.3 Å². The number of benzene rings is 1. The maximum absolute atomic E-state index is 15.5. The second kappa shape index (κ2) is 8.79. The molecule has 1 N–H and O–H groups in total. The molecule has 1 aromatic carbocycles. The van der Waals surface area contributed by atoms with E-state index >= 15 is 4.39 Å². The Morgan fingerprint density at radius 1 is 1.20 bits per heavy atom. The first kappa shape index (κ1) is 21.8. The van der Waals surface area contributed by atoms with Crippen molar-refractivity contribution >= 4 is 44.3 Å². The number of halogens is 1. The number of amides is 1. The Kier molecular flexibility index (Phi) is 5.46. The Balaban J connectivity index is 1.42. The molecule has 35 heavy (non-hydrogen) atoms. The predicted molar refractivity (Wildman–Crippen MR) is 134 cm³/mol. The molecule has 1 saturated heterocycles. The van der Waals surface area contributed by atoms with Gasteiger partial charge in [0.15, 0.2) is 5.65 Å². The number of hydrogen-bond donors (Lipinski definition) is 1. The third-order valence-corrected chi connectivity index (χ3v) is 7.28. The summed E-state index contributed by atoms with van der Waals surface area (Å²) in [6.07, 6.45) is 5.09. The van der Waals surface area contributed by atoms with E-state index in [1.54, 1.807) is 46.8 Å². The van der Waals surface area contributed by atoms with Gasteiger partial charge in [0, 0.05) is 40.0 Å². The number of hydrogen-bond acceptors (Lipinski definition) is 7. The third-order valence-electron chi connectivity index (χ3n) is 6.27. The molecule has 5 heterocycles. The van der Waals surface area contributed by atoms with Gasteiger partial charge in [-0.3, -0.25) is 9.69 Å². The van der Waals surface area contributed by atoms with E-state index in [9.17, 15) is 4.79 Å². The van der Waals surface area contributed by atoms with E-state index in [0.29, 0.717) is 29.2 Å². The molecule has 0 bridgehead atoms. The highest BCUT2D eigenvalue weighted by Crippen LogP contribution is 2.34. The molecule has 5 aromatic rings. The normalized spacial score (nSPS) is 16.1. The lowest BCUT2D eigenvalue weighted by atomic mass is 10.0. The van der Waals surface area contributed by atoms with E-state index in [1.165, 1.54) is 16.8 Å². The van der Waals surface area contributed by atoms with Crippen molar-refractivity contribution in [1.29, 1.82) is 0 Å². The molecular formula is C25H22FN7OS. The molecule has 176 valence electrons. The lowest BCUT2D eigenvalue weighted by molar-refractivity contribution is 0.0968. The van der Waals surface area contributed by atoms with Crippen LogP contribution < -0.4 is 10.2 Å². The van der Waals surface area contributed by atoms with E-state index in [-0.39, 0.29) is 11.6 Å². The van der Waals surface area contributed by atoms with Gasteiger partial charge in [0.05, 0.1) is 17.3 Å². The number of nitrogens with zero attached hydrogens (tertiary/aromatic N) is 6. The Labute approximate surface area is 204 Å². The Morgan fingerprint density at radius 2 is 2.11 bits per heavy atom. The van der Waals surface area contributed by atoms with Gasteiger partial charge in [0.25, 0.3) is 5.91 Å². The highest BCUT2D eigenvalue weighted by Gasteiger charge is 2.31. The fourth-order valence-corrected chi connectivity index (χ4v) is 5.55. The highest BCUT2D eigenvalue weighted by atomic mass is 32.1. The molecule has 6 rings (SSSR count). The lowest BCUT2D eigenvalue weighted by Gasteiger charge is -2.34. The molecule has 1 amide bonds. The van der Waals surface area contributed by atoms with Gasteiger partial charge >= 0.3 is 0 Å². The maximum Gasteiger partial charge on any atom is 0.262 e. The third kappa shape index (κ3) is 3.84. The van der Waals surface area contributed by atoms with Crippen LogP contribution in [-0.4, -0.2) is 50.0 Å². The van der Waals surface area contributed by atoms with Gasteiger partial charge in [-0.1, -0.05) is 5.21 Å². The van der Waals surface area contributed by atoms with Crippen LogP contribution in [-0.2, 0) is 0 Å². The summed E-state index contributed by atoms with van der Waals surface area (Å²) < 4.78 is 18.0. The molecular weight excluding hydrogens is 465 g/mol. The summed E-state index contributed by atoms with van der Waals surface area (Å²) in [5, 5.41) is 12.5. The van der Waals surface area contributed by atoms with E-state index in [1.807, 2.05) is 19.1 Å². The van der Waals surface area contributed by atoms with Crippen molar-refractivity contribution in [2.45, 2.75) is 25.8 Å². The molecule has 4 aromatic heterocycles. The number of piperidine rings is 1. The molecule has 0 spiro atoms. The molecule has 1 fully saturated rings. The van der Waals surface area contributed by atoms with Gasteiger partial charge in [0.1, 0.15) is 17.2 Å². The van der Waals surface area contributed by atoms with Crippen molar-refractivity contribution in [2.75, 3.05) is 18.0 Å². The van der Waals surface area contributed by atoms with Crippen LogP contribution in [0.4, 0.5) is 10.2 Å².